The van der Waals surface area contributed by atoms with Crippen molar-refractivity contribution in [3.05, 3.63) is 23.8 Å². The van der Waals surface area contributed by atoms with Crippen molar-refractivity contribution in [3.63, 3.8) is 0 Å². The number of carbonyl (C=O) groups is 2. The van der Waals surface area contributed by atoms with E-state index in [-0.39, 0.29) is 12.3 Å². The van der Waals surface area contributed by atoms with Gasteiger partial charge in [0.15, 0.2) is 11.5 Å². The molecule has 22 heavy (non-hydrogen) atoms. The highest BCUT2D eigenvalue weighted by molar-refractivity contribution is 7.99. The zero-order valence-electron chi connectivity index (χ0n) is 12.0. The van der Waals surface area contributed by atoms with Gasteiger partial charge in [-0.05, 0) is 29.9 Å². The zero-order chi connectivity index (χ0) is 15.6. The lowest BCUT2D eigenvalue weighted by atomic mass is 9.98. The maximum atomic E-state index is 12.2. The number of nitrogens with one attached hydrogen (secondary N) is 1. The van der Waals surface area contributed by atoms with E-state index >= 15 is 0 Å². The Morgan fingerprint density at radius 3 is 2.73 bits per heavy atom. The topological polar surface area (TPSA) is 84.9 Å². The van der Waals surface area contributed by atoms with Crippen molar-refractivity contribution in [2.24, 2.45) is 0 Å². The van der Waals surface area contributed by atoms with Crippen LogP contribution in [0.2, 0.25) is 0 Å². The molecular formula is C15H17NO5S. The summed E-state index contributed by atoms with van der Waals surface area (Å²) in [6.45, 7) is 1.01. The Bertz CT molecular complexity index is 598. The maximum Gasteiger partial charge on any atom is 0.330 e. The third kappa shape index (κ3) is 2.99. The number of fused-ring (bicyclic) bond motifs is 1. The number of amides is 1. The number of rotatable bonds is 4. The third-order valence-corrected chi connectivity index (χ3v) is 4.97. The van der Waals surface area contributed by atoms with Crippen LogP contribution in [0.4, 0.5) is 0 Å². The molecule has 2 heterocycles. The van der Waals surface area contributed by atoms with E-state index < -0.39 is 11.5 Å². The molecule has 0 saturated carbocycles. The van der Waals surface area contributed by atoms with E-state index in [1.807, 2.05) is 0 Å². The molecule has 1 fully saturated rings. The first-order chi connectivity index (χ1) is 10.6. The van der Waals surface area contributed by atoms with Crippen molar-refractivity contribution in [1.82, 2.24) is 5.32 Å². The van der Waals surface area contributed by atoms with Crippen LogP contribution in [0, 0.1) is 0 Å². The van der Waals surface area contributed by atoms with Gasteiger partial charge in [-0.15, -0.1) is 0 Å². The summed E-state index contributed by atoms with van der Waals surface area (Å²) in [6, 6.07) is 5.34. The average molecular weight is 323 g/mol. The van der Waals surface area contributed by atoms with Crippen LogP contribution in [0.15, 0.2) is 18.2 Å². The Labute approximate surface area is 132 Å². The first-order valence-electron chi connectivity index (χ1n) is 7.10. The Hall–Kier alpha value is -1.89. The van der Waals surface area contributed by atoms with E-state index in [1.165, 1.54) is 0 Å². The largest absolute Gasteiger partial charge is 0.486 e. The second-order valence-electron chi connectivity index (χ2n) is 5.39. The normalized spacial score (nSPS) is 23.1. The summed E-state index contributed by atoms with van der Waals surface area (Å²) in [4.78, 5) is 23.6. The van der Waals surface area contributed by atoms with Crippen molar-refractivity contribution in [1.29, 1.82) is 0 Å². The Morgan fingerprint density at radius 2 is 2.05 bits per heavy atom. The molecule has 0 radical (unpaired) electrons. The van der Waals surface area contributed by atoms with E-state index in [0.717, 1.165) is 11.3 Å². The summed E-state index contributed by atoms with van der Waals surface area (Å²) < 4.78 is 10.9. The van der Waals surface area contributed by atoms with Crippen molar-refractivity contribution in [3.8, 4) is 11.5 Å². The summed E-state index contributed by atoms with van der Waals surface area (Å²) in [6.07, 6.45) is 0.580. The number of carboxylic acid groups (broad SMARTS) is 1. The quantitative estimate of drug-likeness (QED) is 0.862. The molecule has 7 heteroatoms. The number of thioether (sulfide) groups is 1. The van der Waals surface area contributed by atoms with Gasteiger partial charge in [0, 0.05) is 5.75 Å². The van der Waals surface area contributed by atoms with Crippen molar-refractivity contribution >= 4 is 23.6 Å². The fourth-order valence-corrected chi connectivity index (χ4v) is 3.91. The van der Waals surface area contributed by atoms with Gasteiger partial charge in [-0.3, -0.25) is 4.79 Å². The summed E-state index contributed by atoms with van der Waals surface area (Å²) in [5, 5.41) is 12.1. The molecule has 3 rings (SSSR count). The highest BCUT2D eigenvalue weighted by atomic mass is 32.2. The van der Waals surface area contributed by atoms with Gasteiger partial charge in [0.05, 0.1) is 6.42 Å². The maximum absolute atomic E-state index is 12.2. The van der Waals surface area contributed by atoms with Crippen LogP contribution in [-0.2, 0) is 16.0 Å². The van der Waals surface area contributed by atoms with Crippen molar-refractivity contribution < 1.29 is 24.2 Å². The molecule has 2 aliphatic heterocycles. The van der Waals surface area contributed by atoms with Gasteiger partial charge >= 0.3 is 5.97 Å². The van der Waals surface area contributed by atoms with E-state index in [4.69, 9.17) is 9.47 Å². The molecule has 0 spiro atoms. The smallest absolute Gasteiger partial charge is 0.330 e. The predicted molar refractivity (Wildman–Crippen MR) is 81.6 cm³/mol. The van der Waals surface area contributed by atoms with Crippen LogP contribution in [0.1, 0.15) is 12.0 Å². The fraction of sp³-hybridized carbons (Fsp3) is 0.467. The van der Waals surface area contributed by atoms with Gasteiger partial charge < -0.3 is 19.9 Å². The Morgan fingerprint density at radius 1 is 1.27 bits per heavy atom. The molecule has 2 N–H and O–H groups in total. The molecule has 1 aromatic carbocycles. The van der Waals surface area contributed by atoms with Crippen LogP contribution < -0.4 is 14.8 Å². The van der Waals surface area contributed by atoms with Gasteiger partial charge in [0.2, 0.25) is 5.91 Å². The van der Waals surface area contributed by atoms with Gasteiger partial charge in [0.25, 0.3) is 0 Å². The molecule has 6 nitrogen and oxygen atoms in total. The van der Waals surface area contributed by atoms with Gasteiger partial charge in [-0.2, -0.15) is 11.8 Å². The van der Waals surface area contributed by atoms with Crippen LogP contribution >= 0.6 is 11.8 Å². The Balaban J connectivity index is 1.68. The molecule has 1 atom stereocenters. The number of carboxylic acids is 1. The number of benzene rings is 1. The number of aliphatic carboxylic acids is 1. The van der Waals surface area contributed by atoms with Crippen molar-refractivity contribution in [2.45, 2.75) is 18.4 Å². The second kappa shape index (κ2) is 6.08. The third-order valence-electron chi connectivity index (χ3n) is 3.78. The van der Waals surface area contributed by atoms with Gasteiger partial charge in [-0.1, -0.05) is 6.07 Å². The lowest BCUT2D eigenvalue weighted by molar-refractivity contribution is -0.146. The summed E-state index contributed by atoms with van der Waals surface area (Å²) in [7, 11) is 0. The first-order valence-corrected chi connectivity index (χ1v) is 8.25. The molecule has 1 saturated heterocycles. The Kier molecular flexibility index (Phi) is 4.15. The molecule has 0 aromatic heterocycles. The highest BCUT2D eigenvalue weighted by Gasteiger charge is 2.43. The van der Waals surface area contributed by atoms with Crippen LogP contribution in [0.3, 0.4) is 0 Å². The minimum Gasteiger partial charge on any atom is -0.486 e. The van der Waals surface area contributed by atoms with Crippen molar-refractivity contribution in [2.75, 3.05) is 24.7 Å². The lowest BCUT2D eigenvalue weighted by Crippen LogP contribution is -2.55. The van der Waals surface area contributed by atoms with Gasteiger partial charge in [0.1, 0.15) is 18.8 Å². The minimum absolute atomic E-state index is 0.121. The summed E-state index contributed by atoms with van der Waals surface area (Å²) >= 11 is 1.54. The number of carbonyl (C=O) groups excluding carboxylic acids is 1. The standard InChI is InChI=1S/C15H17NO5S/c17-13(16-15(14(18)19)3-6-22-9-15)8-10-1-2-11-12(7-10)21-5-4-20-11/h1-2,7H,3-6,8-9H2,(H,16,17)(H,18,19). The number of hydrogen-bond donors (Lipinski definition) is 2. The summed E-state index contributed by atoms with van der Waals surface area (Å²) in [5.41, 5.74) is -0.358. The number of hydrogen-bond acceptors (Lipinski definition) is 5. The second-order valence-corrected chi connectivity index (χ2v) is 6.50. The average Bonchev–Trinajstić information content (AvgIpc) is 2.97. The van der Waals surface area contributed by atoms with E-state index in [0.29, 0.717) is 36.9 Å². The van der Waals surface area contributed by atoms with Crippen LogP contribution in [-0.4, -0.2) is 47.2 Å². The van der Waals surface area contributed by atoms with Crippen LogP contribution in [0.5, 0.6) is 11.5 Å². The summed E-state index contributed by atoms with van der Waals surface area (Å²) in [5.74, 6) is 1.20. The SMILES string of the molecule is O=C(Cc1ccc2c(c1)OCCO2)NC1(C(=O)O)CCSC1. The fourth-order valence-electron chi connectivity index (χ4n) is 2.58. The molecule has 1 aromatic rings. The predicted octanol–water partition coefficient (Wildman–Crippen LogP) is 1.08. The lowest BCUT2D eigenvalue weighted by Gasteiger charge is -2.24. The first kappa shape index (κ1) is 15.0. The molecule has 1 unspecified atom stereocenters. The van der Waals surface area contributed by atoms with E-state index in [2.05, 4.69) is 5.32 Å². The molecule has 118 valence electrons. The monoisotopic (exact) mass is 323 g/mol. The number of ether oxygens (including phenoxy) is 2. The zero-order valence-corrected chi connectivity index (χ0v) is 12.8. The van der Waals surface area contributed by atoms with E-state index in [9.17, 15) is 14.7 Å². The molecule has 2 aliphatic rings. The minimum atomic E-state index is -1.13. The van der Waals surface area contributed by atoms with Gasteiger partial charge in [-0.25, -0.2) is 4.79 Å². The van der Waals surface area contributed by atoms with Crippen LogP contribution in [0.25, 0.3) is 0 Å². The molecule has 0 bridgehead atoms. The molecular weight excluding hydrogens is 306 g/mol. The molecule has 1 amide bonds. The highest BCUT2D eigenvalue weighted by Crippen LogP contribution is 2.31. The van der Waals surface area contributed by atoms with E-state index in [1.54, 1.807) is 30.0 Å². The molecule has 0 aliphatic carbocycles.